The number of thioether (sulfide) groups is 1. The second-order valence-electron chi connectivity index (χ2n) is 7.68. The van der Waals surface area contributed by atoms with Gasteiger partial charge in [0.1, 0.15) is 0 Å². The average Bonchev–Trinajstić information content (AvgIpc) is 3.56. The zero-order valence-electron chi connectivity index (χ0n) is 17.4. The Bertz CT molecular complexity index is 1120. The minimum absolute atomic E-state index is 0.0412. The van der Waals surface area contributed by atoms with Gasteiger partial charge >= 0.3 is 0 Å². The van der Waals surface area contributed by atoms with Crippen LogP contribution in [-0.2, 0) is 11.3 Å². The first kappa shape index (κ1) is 20.1. The van der Waals surface area contributed by atoms with Crippen LogP contribution in [0.25, 0.3) is 11.5 Å². The van der Waals surface area contributed by atoms with Gasteiger partial charge in [0.25, 0.3) is 5.22 Å². The number of hydrogen-bond donors (Lipinski definition) is 0. The Balaban J connectivity index is 1.24. The summed E-state index contributed by atoms with van der Waals surface area (Å²) in [6, 6.07) is 7.41. The van der Waals surface area contributed by atoms with Crippen LogP contribution >= 0.6 is 11.8 Å². The van der Waals surface area contributed by atoms with Gasteiger partial charge in [-0.25, -0.2) is 0 Å². The van der Waals surface area contributed by atoms with Gasteiger partial charge < -0.3 is 23.2 Å². The largest absolute Gasteiger partial charge is 0.454 e. The van der Waals surface area contributed by atoms with Crippen LogP contribution in [0.15, 0.2) is 33.9 Å². The van der Waals surface area contributed by atoms with E-state index < -0.39 is 0 Å². The third kappa shape index (κ3) is 4.07. The first-order valence-corrected chi connectivity index (χ1v) is 11.2. The van der Waals surface area contributed by atoms with Crippen molar-refractivity contribution in [3.8, 4) is 23.0 Å². The van der Waals surface area contributed by atoms with Crippen LogP contribution in [0.4, 0.5) is 0 Å². The molecule has 1 fully saturated rings. The van der Waals surface area contributed by atoms with Gasteiger partial charge in [0.15, 0.2) is 17.3 Å². The fourth-order valence-corrected chi connectivity index (χ4v) is 4.62. The summed E-state index contributed by atoms with van der Waals surface area (Å²) >= 11 is 1.24. The number of carbonyl (C=O) groups is 1. The summed E-state index contributed by atoms with van der Waals surface area (Å²) in [4.78, 5) is 12.9. The Morgan fingerprint density at radius 1 is 1.19 bits per heavy atom. The Kier molecular flexibility index (Phi) is 5.45. The lowest BCUT2D eigenvalue weighted by atomic mass is 10.2. The molecule has 1 saturated heterocycles. The molecule has 4 heterocycles. The van der Waals surface area contributed by atoms with Crippen molar-refractivity contribution in [3.05, 3.63) is 41.2 Å². The molecule has 1 atom stereocenters. The van der Waals surface area contributed by atoms with Crippen molar-refractivity contribution in [2.75, 3.05) is 19.2 Å². The van der Waals surface area contributed by atoms with Crippen LogP contribution in [0, 0.1) is 13.8 Å². The Morgan fingerprint density at radius 3 is 2.90 bits per heavy atom. The molecule has 2 aromatic heterocycles. The van der Waals surface area contributed by atoms with E-state index in [1.165, 1.54) is 11.8 Å². The average molecular weight is 442 g/mol. The zero-order chi connectivity index (χ0) is 21.4. The zero-order valence-corrected chi connectivity index (χ0v) is 18.2. The van der Waals surface area contributed by atoms with Gasteiger partial charge in [-0.05, 0) is 51.0 Å². The van der Waals surface area contributed by atoms with Crippen molar-refractivity contribution in [1.29, 1.82) is 0 Å². The van der Waals surface area contributed by atoms with E-state index in [1.54, 1.807) is 6.07 Å². The highest BCUT2D eigenvalue weighted by Crippen LogP contribution is 2.36. The van der Waals surface area contributed by atoms with E-state index in [1.807, 2.05) is 32.0 Å². The standard InChI is InChI=1S/C22H23N3O5S/c1-13-8-17(14(2)25(13)10-16-4-3-7-27-16)18(26)11-31-22-24-23-21(30-22)15-5-6-19-20(9-15)29-12-28-19/h5-6,8-9,16H,3-4,7,10-12H2,1-2H3/t16-/m1/s1. The van der Waals surface area contributed by atoms with E-state index in [0.29, 0.717) is 22.6 Å². The van der Waals surface area contributed by atoms with Crippen molar-refractivity contribution < 1.29 is 23.4 Å². The molecule has 0 bridgehead atoms. The summed E-state index contributed by atoms with van der Waals surface area (Å²) in [5.74, 6) is 1.99. The predicted octanol–water partition coefficient (Wildman–Crippen LogP) is 4.04. The van der Waals surface area contributed by atoms with E-state index in [-0.39, 0.29) is 24.4 Å². The number of nitrogens with zero attached hydrogens (tertiary/aromatic N) is 3. The number of benzene rings is 1. The van der Waals surface area contributed by atoms with Gasteiger partial charge in [0, 0.05) is 35.7 Å². The van der Waals surface area contributed by atoms with Crippen molar-refractivity contribution in [2.24, 2.45) is 0 Å². The highest BCUT2D eigenvalue weighted by Gasteiger charge is 2.22. The lowest BCUT2D eigenvalue weighted by Crippen LogP contribution is -2.17. The summed E-state index contributed by atoms with van der Waals surface area (Å²) in [7, 11) is 0. The first-order valence-electron chi connectivity index (χ1n) is 10.3. The normalized spacial score (nSPS) is 17.4. The first-order chi connectivity index (χ1) is 15.1. The van der Waals surface area contributed by atoms with Crippen LogP contribution in [0.1, 0.15) is 34.6 Å². The molecule has 162 valence electrons. The fourth-order valence-electron chi connectivity index (χ4n) is 3.98. The van der Waals surface area contributed by atoms with Crippen LogP contribution in [-0.4, -0.2) is 45.8 Å². The maximum absolute atomic E-state index is 12.9. The number of Topliss-reactive ketones (excluding diaryl/α,β-unsaturated/α-hetero) is 1. The SMILES string of the molecule is Cc1cc(C(=O)CSc2nnc(-c3ccc4c(c3)OCO4)o2)c(C)n1C[C@H]1CCCO1. The maximum Gasteiger partial charge on any atom is 0.277 e. The highest BCUT2D eigenvalue weighted by atomic mass is 32.2. The Hall–Kier alpha value is -2.78. The molecule has 3 aromatic rings. The molecular formula is C22H23N3O5S. The lowest BCUT2D eigenvalue weighted by Gasteiger charge is -2.14. The van der Waals surface area contributed by atoms with E-state index in [0.717, 1.165) is 48.5 Å². The topological polar surface area (TPSA) is 88.6 Å². The third-order valence-electron chi connectivity index (χ3n) is 5.64. The number of aryl methyl sites for hydroxylation is 1. The highest BCUT2D eigenvalue weighted by molar-refractivity contribution is 7.99. The molecule has 2 aliphatic rings. The van der Waals surface area contributed by atoms with Gasteiger partial charge in [-0.3, -0.25) is 4.79 Å². The number of aromatic nitrogens is 3. The monoisotopic (exact) mass is 441 g/mol. The lowest BCUT2D eigenvalue weighted by molar-refractivity contribution is 0.0957. The Labute approximate surface area is 183 Å². The van der Waals surface area contributed by atoms with Gasteiger partial charge in [0.2, 0.25) is 12.7 Å². The molecule has 0 unspecified atom stereocenters. The summed E-state index contributed by atoms with van der Waals surface area (Å²) in [5.41, 5.74) is 3.53. The smallest absolute Gasteiger partial charge is 0.277 e. The molecular weight excluding hydrogens is 418 g/mol. The molecule has 0 saturated carbocycles. The summed E-state index contributed by atoms with van der Waals surface area (Å²) in [6.45, 7) is 5.84. The van der Waals surface area contributed by atoms with Crippen LogP contribution in [0.5, 0.6) is 11.5 Å². The maximum atomic E-state index is 12.9. The fraction of sp³-hybridized carbons (Fsp3) is 0.409. The minimum atomic E-state index is 0.0412. The van der Waals surface area contributed by atoms with E-state index in [2.05, 4.69) is 14.8 Å². The van der Waals surface area contributed by atoms with Gasteiger partial charge in [-0.15, -0.1) is 10.2 Å². The van der Waals surface area contributed by atoms with E-state index >= 15 is 0 Å². The molecule has 0 aliphatic carbocycles. The second-order valence-corrected chi connectivity index (χ2v) is 8.61. The van der Waals surface area contributed by atoms with Crippen molar-refractivity contribution in [2.45, 2.75) is 44.6 Å². The van der Waals surface area contributed by atoms with Crippen LogP contribution in [0.2, 0.25) is 0 Å². The molecule has 31 heavy (non-hydrogen) atoms. The van der Waals surface area contributed by atoms with Crippen molar-refractivity contribution >= 4 is 17.5 Å². The molecule has 5 rings (SSSR count). The number of rotatable bonds is 7. The number of fused-ring (bicyclic) bond motifs is 1. The summed E-state index contributed by atoms with van der Waals surface area (Å²) in [6.07, 6.45) is 2.40. The third-order valence-corrected chi connectivity index (χ3v) is 6.46. The molecule has 2 aliphatic heterocycles. The molecule has 9 heteroatoms. The number of ether oxygens (including phenoxy) is 3. The van der Waals surface area contributed by atoms with Gasteiger partial charge in [0.05, 0.1) is 11.9 Å². The minimum Gasteiger partial charge on any atom is -0.454 e. The van der Waals surface area contributed by atoms with Crippen molar-refractivity contribution in [1.82, 2.24) is 14.8 Å². The van der Waals surface area contributed by atoms with Gasteiger partial charge in [-0.1, -0.05) is 11.8 Å². The number of ketones is 1. The molecule has 0 N–H and O–H groups in total. The van der Waals surface area contributed by atoms with Crippen LogP contribution < -0.4 is 9.47 Å². The second kappa shape index (κ2) is 8.39. The molecule has 0 spiro atoms. The predicted molar refractivity (Wildman–Crippen MR) is 114 cm³/mol. The number of carbonyl (C=O) groups excluding carboxylic acids is 1. The van der Waals surface area contributed by atoms with E-state index in [9.17, 15) is 4.79 Å². The summed E-state index contributed by atoms with van der Waals surface area (Å²) in [5, 5.41) is 8.51. The summed E-state index contributed by atoms with van der Waals surface area (Å²) < 4.78 is 24.4. The van der Waals surface area contributed by atoms with Crippen LogP contribution in [0.3, 0.4) is 0 Å². The molecule has 0 amide bonds. The molecule has 0 radical (unpaired) electrons. The number of hydrogen-bond acceptors (Lipinski definition) is 8. The quantitative estimate of drug-likeness (QED) is 0.401. The van der Waals surface area contributed by atoms with Crippen molar-refractivity contribution in [3.63, 3.8) is 0 Å². The van der Waals surface area contributed by atoms with E-state index in [4.69, 9.17) is 18.6 Å². The molecule has 8 nitrogen and oxygen atoms in total. The van der Waals surface area contributed by atoms with Gasteiger partial charge in [-0.2, -0.15) is 0 Å². The Morgan fingerprint density at radius 2 is 2.06 bits per heavy atom. The molecule has 1 aromatic carbocycles.